The lowest BCUT2D eigenvalue weighted by Gasteiger charge is -2.28. The molecule has 0 aliphatic carbocycles. The van der Waals surface area contributed by atoms with E-state index in [4.69, 9.17) is 17.2 Å². The second-order valence-corrected chi connectivity index (χ2v) is 12.5. The minimum Gasteiger partial charge on any atom is -0.351 e. The predicted molar refractivity (Wildman–Crippen MR) is 181 cm³/mol. The van der Waals surface area contributed by atoms with Crippen molar-refractivity contribution in [3.8, 4) is 5.69 Å². The minimum atomic E-state index is -0.383. The summed E-state index contributed by atoms with van der Waals surface area (Å²) in [5.74, 6) is 0. The van der Waals surface area contributed by atoms with E-state index in [1.807, 2.05) is 18.3 Å². The number of nitro groups is 1. The monoisotopic (exact) mass is 619 g/mol. The van der Waals surface area contributed by atoms with Crippen LogP contribution in [-0.2, 0) is 6.42 Å². The van der Waals surface area contributed by atoms with Crippen molar-refractivity contribution in [2.45, 2.75) is 56.0 Å². The molecule has 2 atom stereocenters. The van der Waals surface area contributed by atoms with Gasteiger partial charge in [-0.15, -0.1) is 0 Å². The van der Waals surface area contributed by atoms with Gasteiger partial charge in [-0.25, -0.2) is 0 Å². The zero-order valence-electron chi connectivity index (χ0n) is 25.0. The average molecular weight is 620 g/mol. The molecule has 0 amide bonds. The van der Waals surface area contributed by atoms with Crippen LogP contribution in [0.2, 0.25) is 0 Å². The van der Waals surface area contributed by atoms with E-state index in [-0.39, 0.29) is 22.7 Å². The molecule has 44 heavy (non-hydrogen) atoms. The van der Waals surface area contributed by atoms with Crippen molar-refractivity contribution >= 4 is 40.5 Å². The van der Waals surface area contributed by atoms with Crippen LogP contribution in [0, 0.1) is 30.9 Å². The van der Waals surface area contributed by atoms with E-state index >= 15 is 0 Å². The first-order valence-electron chi connectivity index (χ1n) is 14.6. The van der Waals surface area contributed by atoms with E-state index in [1.165, 1.54) is 45.9 Å². The molecule has 1 aliphatic heterocycles. The molecule has 0 radical (unpaired) electrons. The molecule has 1 aliphatic rings. The van der Waals surface area contributed by atoms with E-state index in [9.17, 15) is 10.1 Å². The van der Waals surface area contributed by atoms with Crippen molar-refractivity contribution in [2.24, 2.45) is 0 Å². The maximum Gasteiger partial charge on any atom is 0.269 e. The van der Waals surface area contributed by atoms with Crippen LogP contribution in [0.3, 0.4) is 0 Å². The number of aromatic nitrogens is 2. The summed E-state index contributed by atoms with van der Waals surface area (Å²) in [6.45, 7) is 8.76. The molecule has 7 nitrogen and oxygen atoms in total. The first-order valence-corrected chi connectivity index (χ1v) is 15.8. The third kappa shape index (κ3) is 5.49. The lowest BCUT2D eigenvalue weighted by molar-refractivity contribution is -0.384. The van der Waals surface area contributed by atoms with Gasteiger partial charge in [-0.05, 0) is 111 Å². The van der Waals surface area contributed by atoms with Gasteiger partial charge >= 0.3 is 0 Å². The third-order valence-corrected chi connectivity index (χ3v) is 9.54. The maximum absolute atomic E-state index is 11.0. The molecular formula is C35H33N5O2S2. The largest absolute Gasteiger partial charge is 0.351 e. The Morgan fingerprint density at radius 2 is 1.66 bits per heavy atom. The fourth-order valence-electron chi connectivity index (χ4n) is 6.15. The van der Waals surface area contributed by atoms with Gasteiger partial charge < -0.3 is 14.8 Å². The number of nitrogens with zero attached hydrogens (tertiary/aromatic N) is 4. The normalized spacial score (nSPS) is 16.3. The summed E-state index contributed by atoms with van der Waals surface area (Å²) in [6, 6.07) is 29.5. The molecule has 5 aromatic rings. The van der Waals surface area contributed by atoms with Crippen LogP contribution < -0.4 is 10.2 Å². The molecule has 0 saturated carbocycles. The van der Waals surface area contributed by atoms with E-state index in [1.54, 1.807) is 23.9 Å². The predicted octanol–water partition coefficient (Wildman–Crippen LogP) is 8.60. The van der Waals surface area contributed by atoms with E-state index in [0.29, 0.717) is 5.11 Å². The van der Waals surface area contributed by atoms with Crippen molar-refractivity contribution in [1.82, 2.24) is 14.9 Å². The number of pyridine rings is 1. The topological polar surface area (TPSA) is 76.2 Å². The summed E-state index contributed by atoms with van der Waals surface area (Å²) >= 11 is 7.57. The van der Waals surface area contributed by atoms with Crippen LogP contribution in [0.4, 0.5) is 11.4 Å². The summed E-state index contributed by atoms with van der Waals surface area (Å²) in [4.78, 5) is 19.6. The van der Waals surface area contributed by atoms with E-state index in [0.717, 1.165) is 27.6 Å². The number of thiocarbonyl (C=S) groups is 1. The van der Waals surface area contributed by atoms with Gasteiger partial charge in [0, 0.05) is 45.2 Å². The van der Waals surface area contributed by atoms with Crippen molar-refractivity contribution < 1.29 is 4.92 Å². The third-order valence-electron chi connectivity index (χ3n) is 8.21. The minimum absolute atomic E-state index is 0.0842. The second-order valence-electron chi connectivity index (χ2n) is 10.9. The highest BCUT2D eigenvalue weighted by molar-refractivity contribution is 7.99. The number of nitro benzene ring substituents is 1. The fourth-order valence-corrected chi connectivity index (χ4v) is 7.31. The first-order chi connectivity index (χ1) is 21.3. The summed E-state index contributed by atoms with van der Waals surface area (Å²) < 4.78 is 2.39. The van der Waals surface area contributed by atoms with Gasteiger partial charge in [0.15, 0.2) is 5.11 Å². The van der Waals surface area contributed by atoms with Crippen LogP contribution in [0.1, 0.15) is 52.8 Å². The lowest BCUT2D eigenvalue weighted by Crippen LogP contribution is -2.29. The zero-order valence-corrected chi connectivity index (χ0v) is 26.7. The number of para-hydroxylation sites is 1. The molecule has 0 spiro atoms. The van der Waals surface area contributed by atoms with E-state index < -0.39 is 0 Å². The fraction of sp³-hybridized carbons (Fsp3) is 0.200. The van der Waals surface area contributed by atoms with Crippen LogP contribution in [0.25, 0.3) is 5.69 Å². The van der Waals surface area contributed by atoms with Gasteiger partial charge in [0.25, 0.3) is 5.69 Å². The molecule has 1 fully saturated rings. The van der Waals surface area contributed by atoms with Gasteiger partial charge in [-0.1, -0.05) is 43.0 Å². The Labute approximate surface area is 267 Å². The zero-order chi connectivity index (χ0) is 31.0. The molecule has 222 valence electrons. The van der Waals surface area contributed by atoms with Gasteiger partial charge in [0.2, 0.25) is 0 Å². The van der Waals surface area contributed by atoms with Crippen molar-refractivity contribution in [3.05, 3.63) is 141 Å². The van der Waals surface area contributed by atoms with Crippen LogP contribution in [-0.4, -0.2) is 19.6 Å². The average Bonchev–Trinajstić information content (AvgIpc) is 3.52. The smallest absolute Gasteiger partial charge is 0.269 e. The standard InChI is InChI=1S/C35H33N5O2S2/c1-5-25-10-8-9-22(2)33(25)38-23(3)21-30(24(38)4)34-32(31-11-6-7-20-36-31)37-35(43)39(34)26-12-16-28(17-13-26)44-29-18-14-27(15-19-29)40(41)42/h6-21,32,34H,5H2,1-4H3,(H,37,43)/t32-,34+/m0/s1. The molecule has 0 unspecified atom stereocenters. The number of hydrogen-bond acceptors (Lipinski definition) is 5. The summed E-state index contributed by atoms with van der Waals surface area (Å²) in [7, 11) is 0. The molecule has 0 bridgehead atoms. The van der Waals surface area contributed by atoms with Gasteiger partial charge in [-0.2, -0.15) is 0 Å². The molecule has 1 saturated heterocycles. The Morgan fingerprint density at radius 1 is 0.955 bits per heavy atom. The van der Waals surface area contributed by atoms with E-state index in [2.05, 4.69) is 97.1 Å². The summed E-state index contributed by atoms with van der Waals surface area (Å²) in [6.07, 6.45) is 2.78. The summed E-state index contributed by atoms with van der Waals surface area (Å²) in [5.41, 5.74) is 9.36. The van der Waals surface area contributed by atoms with Gasteiger partial charge in [-0.3, -0.25) is 15.1 Å². The lowest BCUT2D eigenvalue weighted by atomic mass is 9.96. The number of anilines is 1. The molecule has 6 rings (SSSR count). The van der Waals surface area contributed by atoms with Crippen molar-refractivity contribution in [3.63, 3.8) is 0 Å². The molecule has 2 aromatic heterocycles. The number of benzene rings is 3. The Balaban J connectivity index is 1.40. The van der Waals surface area contributed by atoms with Crippen LogP contribution >= 0.6 is 24.0 Å². The highest BCUT2D eigenvalue weighted by Gasteiger charge is 2.42. The Bertz CT molecular complexity index is 1840. The van der Waals surface area contributed by atoms with Crippen molar-refractivity contribution in [1.29, 1.82) is 0 Å². The second kappa shape index (κ2) is 12.3. The Hall–Kier alpha value is -4.47. The Kier molecular flexibility index (Phi) is 8.25. The van der Waals surface area contributed by atoms with Gasteiger partial charge in [0.05, 0.1) is 28.4 Å². The molecule has 3 aromatic carbocycles. The van der Waals surface area contributed by atoms with Crippen LogP contribution in [0.5, 0.6) is 0 Å². The highest BCUT2D eigenvalue weighted by atomic mass is 32.2. The first kappa shape index (κ1) is 29.6. The van der Waals surface area contributed by atoms with Gasteiger partial charge in [0.1, 0.15) is 0 Å². The maximum atomic E-state index is 11.0. The Morgan fingerprint density at radius 3 is 2.30 bits per heavy atom. The quantitative estimate of drug-likeness (QED) is 0.106. The van der Waals surface area contributed by atoms with Crippen LogP contribution in [0.15, 0.2) is 107 Å². The highest BCUT2D eigenvalue weighted by Crippen LogP contribution is 2.44. The number of aryl methyl sites for hydroxylation is 3. The van der Waals surface area contributed by atoms with Crippen molar-refractivity contribution in [2.75, 3.05) is 4.90 Å². The summed E-state index contributed by atoms with van der Waals surface area (Å²) in [5, 5.41) is 15.3. The molecule has 3 heterocycles. The molecular weight excluding hydrogens is 587 g/mol. The SMILES string of the molecule is CCc1cccc(C)c1-n1c(C)cc([C@@H]2[C@H](c3ccccn3)NC(=S)N2c2ccc(Sc3ccc([N+](=O)[O-])cc3)cc2)c1C. The number of non-ortho nitro benzene ring substituents is 1. The molecule has 9 heteroatoms. The number of rotatable bonds is 8. The number of nitrogens with one attached hydrogen (secondary N) is 1. The number of hydrogen-bond donors (Lipinski definition) is 1. The molecule has 1 N–H and O–H groups in total.